The van der Waals surface area contributed by atoms with Crippen molar-refractivity contribution in [1.29, 1.82) is 0 Å². The van der Waals surface area contributed by atoms with Gasteiger partial charge in [0, 0.05) is 43.6 Å². The minimum atomic E-state index is -0.549. The van der Waals surface area contributed by atoms with Crippen LogP contribution in [0.25, 0.3) is 6.08 Å². The van der Waals surface area contributed by atoms with Crippen molar-refractivity contribution in [1.82, 2.24) is 4.90 Å². The minimum absolute atomic E-state index is 0.322. The number of ether oxygens (including phenoxy) is 1. The number of nitrogens with zero attached hydrogens (tertiary/aromatic N) is 2. The summed E-state index contributed by atoms with van der Waals surface area (Å²) in [6, 6.07) is 15.5. The zero-order valence-corrected chi connectivity index (χ0v) is 17.6. The third kappa shape index (κ3) is 6.46. The second-order valence-corrected chi connectivity index (χ2v) is 7.37. The Bertz CT molecular complexity index is 868. The van der Waals surface area contributed by atoms with Crippen molar-refractivity contribution in [3.63, 3.8) is 0 Å². The molecule has 1 N–H and O–H groups in total. The number of hydrogen-bond acceptors (Lipinski definition) is 5. The van der Waals surface area contributed by atoms with Crippen LogP contribution in [0.15, 0.2) is 54.6 Å². The lowest BCUT2D eigenvalue weighted by molar-refractivity contribution is -0.142. The Hall–Kier alpha value is -3.12. The Kier molecular flexibility index (Phi) is 7.63. The number of likely N-dealkylation sites (N-methyl/N-ethyl adjacent to an activating group) is 1. The molecule has 1 aliphatic heterocycles. The summed E-state index contributed by atoms with van der Waals surface area (Å²) >= 11 is 0. The molecule has 2 aromatic rings. The predicted molar refractivity (Wildman–Crippen MR) is 121 cm³/mol. The van der Waals surface area contributed by atoms with Gasteiger partial charge in [-0.15, -0.1) is 0 Å². The maximum Gasteiger partial charge on any atom is 0.331 e. The van der Waals surface area contributed by atoms with Crippen LogP contribution < -0.4 is 10.2 Å². The number of aryl methyl sites for hydroxylation is 1. The number of benzene rings is 2. The van der Waals surface area contributed by atoms with E-state index in [1.165, 1.54) is 6.08 Å². The number of rotatable bonds is 7. The van der Waals surface area contributed by atoms with Crippen LogP contribution >= 0.6 is 0 Å². The highest BCUT2D eigenvalue weighted by Crippen LogP contribution is 2.19. The van der Waals surface area contributed by atoms with Crippen LogP contribution in [0.3, 0.4) is 0 Å². The van der Waals surface area contributed by atoms with E-state index in [0.29, 0.717) is 5.69 Å². The molecule has 0 aromatic heterocycles. The molecule has 158 valence electrons. The molecule has 1 saturated heterocycles. The fraction of sp³-hybridized carbons (Fsp3) is 0.333. The van der Waals surface area contributed by atoms with Gasteiger partial charge in [-0.3, -0.25) is 4.79 Å². The van der Waals surface area contributed by atoms with E-state index >= 15 is 0 Å². The van der Waals surface area contributed by atoms with Crippen molar-refractivity contribution in [3.8, 4) is 0 Å². The highest BCUT2D eigenvalue weighted by molar-refractivity contribution is 5.94. The van der Waals surface area contributed by atoms with Crippen LogP contribution in [0.2, 0.25) is 0 Å². The lowest BCUT2D eigenvalue weighted by Gasteiger charge is -2.35. The van der Waals surface area contributed by atoms with Gasteiger partial charge in [-0.25, -0.2) is 4.79 Å². The summed E-state index contributed by atoms with van der Waals surface area (Å²) in [6.45, 7) is 9.10. The molecule has 0 unspecified atom stereocenters. The number of piperazine rings is 1. The van der Waals surface area contributed by atoms with Gasteiger partial charge in [-0.05, 0) is 49.4 Å². The molecular formula is C24H29N3O3. The average molecular weight is 408 g/mol. The van der Waals surface area contributed by atoms with Crippen molar-refractivity contribution >= 4 is 29.3 Å². The lowest BCUT2D eigenvalue weighted by Crippen LogP contribution is -2.46. The molecule has 3 rings (SSSR count). The largest absolute Gasteiger partial charge is 0.452 e. The highest BCUT2D eigenvalue weighted by Gasteiger charge is 2.15. The zero-order valence-electron chi connectivity index (χ0n) is 17.6. The van der Waals surface area contributed by atoms with Crippen LogP contribution in [-0.2, 0) is 14.3 Å². The summed E-state index contributed by atoms with van der Waals surface area (Å²) in [7, 11) is 0. The Morgan fingerprint density at radius 3 is 2.30 bits per heavy atom. The fourth-order valence-corrected chi connectivity index (χ4v) is 3.30. The van der Waals surface area contributed by atoms with Crippen LogP contribution in [0, 0.1) is 6.92 Å². The van der Waals surface area contributed by atoms with Crippen LogP contribution in [-0.4, -0.2) is 56.1 Å². The van der Waals surface area contributed by atoms with Crippen molar-refractivity contribution in [3.05, 3.63) is 65.7 Å². The molecule has 0 saturated carbocycles. The third-order valence-corrected chi connectivity index (χ3v) is 5.17. The van der Waals surface area contributed by atoms with Crippen molar-refractivity contribution in [2.75, 3.05) is 49.5 Å². The normalized spacial score (nSPS) is 14.7. The number of anilines is 2. The molecule has 30 heavy (non-hydrogen) atoms. The Labute approximate surface area is 178 Å². The van der Waals surface area contributed by atoms with Crippen molar-refractivity contribution in [2.45, 2.75) is 13.8 Å². The molecule has 0 spiro atoms. The molecule has 1 fully saturated rings. The first-order valence-electron chi connectivity index (χ1n) is 10.3. The van der Waals surface area contributed by atoms with Gasteiger partial charge >= 0.3 is 5.97 Å². The van der Waals surface area contributed by atoms with Crippen LogP contribution in [0.1, 0.15) is 18.1 Å². The second-order valence-electron chi connectivity index (χ2n) is 7.37. The molecule has 6 nitrogen and oxygen atoms in total. The van der Waals surface area contributed by atoms with Gasteiger partial charge in [-0.2, -0.15) is 0 Å². The average Bonchev–Trinajstić information content (AvgIpc) is 2.78. The summed E-state index contributed by atoms with van der Waals surface area (Å²) in [5.41, 5.74) is 3.88. The number of hydrogen-bond donors (Lipinski definition) is 1. The third-order valence-electron chi connectivity index (χ3n) is 5.17. The van der Waals surface area contributed by atoms with E-state index in [9.17, 15) is 9.59 Å². The first kappa shape index (κ1) is 21.6. The van der Waals surface area contributed by atoms with Gasteiger partial charge in [-0.1, -0.05) is 36.8 Å². The number of carbonyl (C=O) groups is 2. The first-order valence-corrected chi connectivity index (χ1v) is 10.3. The second kappa shape index (κ2) is 10.6. The molecule has 0 atom stereocenters. The highest BCUT2D eigenvalue weighted by atomic mass is 16.5. The van der Waals surface area contributed by atoms with E-state index in [1.807, 2.05) is 55.5 Å². The molecule has 1 heterocycles. The Morgan fingerprint density at radius 2 is 1.67 bits per heavy atom. The van der Waals surface area contributed by atoms with E-state index < -0.39 is 5.97 Å². The summed E-state index contributed by atoms with van der Waals surface area (Å²) in [5.74, 6) is -0.913. The standard InChI is InChI=1S/C24H29N3O3/c1-3-26-14-16-27(17-15-26)22-11-9-21(10-12-22)25-23(28)18-30-24(29)13-8-20-6-4-19(2)5-7-20/h4-13H,3,14-18H2,1-2H3,(H,25,28)/b13-8+. The van der Waals surface area contributed by atoms with Crippen molar-refractivity contribution < 1.29 is 14.3 Å². The molecular weight excluding hydrogens is 378 g/mol. The predicted octanol–water partition coefficient (Wildman–Crippen LogP) is 3.33. The summed E-state index contributed by atoms with van der Waals surface area (Å²) in [6.07, 6.45) is 2.99. The number of esters is 1. The molecule has 0 radical (unpaired) electrons. The molecule has 2 aromatic carbocycles. The maximum absolute atomic E-state index is 12.1. The monoisotopic (exact) mass is 407 g/mol. The van der Waals surface area contributed by atoms with Gasteiger partial charge in [0.1, 0.15) is 0 Å². The quantitative estimate of drug-likeness (QED) is 0.564. The number of amides is 1. The van der Waals surface area contributed by atoms with Gasteiger partial charge in [0.05, 0.1) is 0 Å². The SMILES string of the molecule is CCN1CCN(c2ccc(NC(=O)COC(=O)/C=C/c3ccc(C)cc3)cc2)CC1. The van der Waals surface area contributed by atoms with Gasteiger partial charge in [0.25, 0.3) is 5.91 Å². The van der Waals surface area contributed by atoms with E-state index in [0.717, 1.165) is 49.5 Å². The number of nitrogens with one attached hydrogen (secondary N) is 1. The molecule has 0 aliphatic carbocycles. The fourth-order valence-electron chi connectivity index (χ4n) is 3.30. The van der Waals surface area contributed by atoms with Crippen molar-refractivity contribution in [2.24, 2.45) is 0 Å². The molecule has 0 bridgehead atoms. The van der Waals surface area contributed by atoms with E-state index in [1.54, 1.807) is 6.08 Å². The lowest BCUT2D eigenvalue weighted by atomic mass is 10.1. The molecule has 1 amide bonds. The number of carbonyl (C=O) groups excluding carboxylic acids is 2. The summed E-state index contributed by atoms with van der Waals surface area (Å²) < 4.78 is 5.01. The van der Waals surface area contributed by atoms with Crippen LogP contribution in [0.4, 0.5) is 11.4 Å². The Balaban J connectivity index is 1.42. The summed E-state index contributed by atoms with van der Waals surface area (Å²) in [5, 5.41) is 2.76. The van der Waals surface area contributed by atoms with E-state index in [2.05, 4.69) is 22.0 Å². The zero-order chi connectivity index (χ0) is 21.3. The Morgan fingerprint density at radius 1 is 1.00 bits per heavy atom. The van der Waals surface area contributed by atoms with Gasteiger partial charge in [0.15, 0.2) is 6.61 Å². The van der Waals surface area contributed by atoms with Crippen LogP contribution in [0.5, 0.6) is 0 Å². The first-order chi connectivity index (χ1) is 14.5. The maximum atomic E-state index is 12.1. The topological polar surface area (TPSA) is 61.9 Å². The van der Waals surface area contributed by atoms with E-state index in [4.69, 9.17) is 4.74 Å². The molecule has 6 heteroatoms. The summed E-state index contributed by atoms with van der Waals surface area (Å²) in [4.78, 5) is 28.6. The minimum Gasteiger partial charge on any atom is -0.452 e. The van der Waals surface area contributed by atoms with E-state index in [-0.39, 0.29) is 12.5 Å². The van der Waals surface area contributed by atoms with Gasteiger partial charge < -0.3 is 19.9 Å². The smallest absolute Gasteiger partial charge is 0.331 e. The molecule has 1 aliphatic rings. The van der Waals surface area contributed by atoms with Gasteiger partial charge in [0.2, 0.25) is 0 Å².